The minimum atomic E-state index is -3.78. The van der Waals surface area contributed by atoms with Crippen LogP contribution in [0.25, 0.3) is 0 Å². The number of sulfonamides is 1. The lowest BCUT2D eigenvalue weighted by molar-refractivity contribution is 0.0968. The molecular weight excluding hydrogens is 384 g/mol. The summed E-state index contributed by atoms with van der Waals surface area (Å²) in [7, 11) is -3.78. The number of nitrogens with zero attached hydrogens (tertiary/aromatic N) is 2. The normalized spacial score (nSPS) is 16.0. The van der Waals surface area contributed by atoms with E-state index in [1.54, 1.807) is 11.8 Å². The number of amides is 1. The predicted molar refractivity (Wildman–Crippen MR) is 101 cm³/mol. The molecule has 25 heavy (non-hydrogen) atoms. The number of hydrogen-bond acceptors (Lipinski definition) is 6. The molecule has 1 amide bonds. The largest absolute Gasteiger partial charge is 0.438 e. The fourth-order valence-corrected chi connectivity index (χ4v) is 4.42. The molecule has 0 bridgehead atoms. The van der Waals surface area contributed by atoms with Crippen LogP contribution < -0.4 is 11.1 Å². The third kappa shape index (κ3) is 5.09. The van der Waals surface area contributed by atoms with Gasteiger partial charge >= 0.3 is 0 Å². The molecule has 8 nitrogen and oxygen atoms in total. The molecule has 1 aromatic rings. The number of nitrogens with one attached hydrogen (secondary N) is 1. The Morgan fingerprint density at radius 2 is 2.04 bits per heavy atom. The van der Waals surface area contributed by atoms with Crippen molar-refractivity contribution in [3.8, 4) is 0 Å². The molecule has 0 saturated carbocycles. The summed E-state index contributed by atoms with van der Waals surface area (Å²) in [5.74, 6) is 0.0925. The number of furan rings is 1. The number of thiocarbonyl (C=S) groups is 1. The highest BCUT2D eigenvalue weighted by molar-refractivity contribution is 7.98. The summed E-state index contributed by atoms with van der Waals surface area (Å²) in [4.78, 5) is 13.0. The van der Waals surface area contributed by atoms with Crippen LogP contribution in [0.4, 0.5) is 0 Å². The Hall–Kier alpha value is -1.30. The van der Waals surface area contributed by atoms with Gasteiger partial charge in [-0.1, -0.05) is 0 Å². The molecule has 140 valence electrons. The van der Waals surface area contributed by atoms with Crippen LogP contribution in [0.5, 0.6) is 0 Å². The summed E-state index contributed by atoms with van der Waals surface area (Å²) in [5, 5.41) is 3.57. The average Bonchev–Trinajstić information content (AvgIpc) is 3.10. The van der Waals surface area contributed by atoms with Gasteiger partial charge in [0, 0.05) is 32.7 Å². The topological polar surface area (TPSA) is 109 Å². The Labute approximate surface area is 157 Å². The molecular formula is C14H22N4O4S3. The molecule has 1 saturated heterocycles. The summed E-state index contributed by atoms with van der Waals surface area (Å²) in [6, 6.07) is 2.51. The Kier molecular flexibility index (Phi) is 7.11. The number of thioether (sulfide) groups is 1. The first-order valence-electron chi connectivity index (χ1n) is 7.77. The van der Waals surface area contributed by atoms with Crippen molar-refractivity contribution in [2.75, 3.05) is 44.7 Å². The molecule has 1 aliphatic heterocycles. The number of nitrogens with two attached hydrogens (primary N) is 1. The molecule has 1 aliphatic rings. The maximum atomic E-state index is 12.6. The molecule has 2 heterocycles. The van der Waals surface area contributed by atoms with Crippen molar-refractivity contribution in [1.29, 1.82) is 0 Å². The van der Waals surface area contributed by atoms with Crippen molar-refractivity contribution in [3.63, 3.8) is 0 Å². The van der Waals surface area contributed by atoms with Crippen LogP contribution in [0, 0.1) is 0 Å². The second-order valence-electron chi connectivity index (χ2n) is 5.45. The quantitative estimate of drug-likeness (QED) is 0.492. The van der Waals surface area contributed by atoms with Gasteiger partial charge in [-0.05, 0) is 42.8 Å². The lowest BCUT2D eigenvalue weighted by atomic mass is 10.4. The van der Waals surface area contributed by atoms with Gasteiger partial charge in [-0.15, -0.1) is 0 Å². The van der Waals surface area contributed by atoms with Gasteiger partial charge in [0.05, 0.1) is 0 Å². The van der Waals surface area contributed by atoms with E-state index in [1.807, 2.05) is 4.90 Å². The van der Waals surface area contributed by atoms with E-state index in [0.29, 0.717) is 31.3 Å². The third-order valence-electron chi connectivity index (χ3n) is 3.75. The van der Waals surface area contributed by atoms with Crippen molar-refractivity contribution in [2.24, 2.45) is 5.73 Å². The number of primary amides is 1. The van der Waals surface area contributed by atoms with Crippen molar-refractivity contribution >= 4 is 45.0 Å². The Balaban J connectivity index is 1.90. The van der Waals surface area contributed by atoms with Crippen molar-refractivity contribution in [1.82, 2.24) is 14.5 Å². The smallest absolute Gasteiger partial charge is 0.284 e. The van der Waals surface area contributed by atoms with Crippen LogP contribution in [-0.2, 0) is 10.0 Å². The van der Waals surface area contributed by atoms with Gasteiger partial charge in [0.25, 0.3) is 15.9 Å². The summed E-state index contributed by atoms with van der Waals surface area (Å²) >= 11 is 7.14. The summed E-state index contributed by atoms with van der Waals surface area (Å²) in [6.45, 7) is 2.39. The van der Waals surface area contributed by atoms with Crippen LogP contribution in [0.1, 0.15) is 17.0 Å². The number of carbonyl (C=O) groups excluding carboxylic acids is 1. The van der Waals surface area contributed by atoms with Crippen LogP contribution in [-0.4, -0.2) is 73.4 Å². The average molecular weight is 407 g/mol. The van der Waals surface area contributed by atoms with Gasteiger partial charge in [0.2, 0.25) is 5.09 Å². The van der Waals surface area contributed by atoms with E-state index in [9.17, 15) is 13.2 Å². The van der Waals surface area contributed by atoms with E-state index in [1.165, 1.54) is 16.4 Å². The summed E-state index contributed by atoms with van der Waals surface area (Å²) in [6.07, 6.45) is 3.08. The van der Waals surface area contributed by atoms with E-state index in [2.05, 4.69) is 11.6 Å². The van der Waals surface area contributed by atoms with Gasteiger partial charge in [0.15, 0.2) is 10.9 Å². The van der Waals surface area contributed by atoms with Gasteiger partial charge in [-0.3, -0.25) is 4.79 Å². The molecule has 2 rings (SSSR count). The Morgan fingerprint density at radius 1 is 1.36 bits per heavy atom. The van der Waals surface area contributed by atoms with Crippen LogP contribution in [0.2, 0.25) is 0 Å². The zero-order chi connectivity index (χ0) is 18.4. The standard InChI is InChI=1S/C14H22N4O4S3/c1-24-10-2-5-16-14(23)17-6-8-18(9-7-17)25(20,21)12-4-3-11(22-12)13(15)19/h3-4H,2,5-10H2,1H3,(H2,15,19)(H,16,23). The van der Waals surface area contributed by atoms with Crippen LogP contribution >= 0.6 is 24.0 Å². The van der Waals surface area contributed by atoms with E-state index >= 15 is 0 Å². The highest BCUT2D eigenvalue weighted by Crippen LogP contribution is 2.20. The predicted octanol–water partition coefficient (Wildman–Crippen LogP) is 0.312. The molecule has 0 spiro atoms. The van der Waals surface area contributed by atoms with Crippen LogP contribution in [0.3, 0.4) is 0 Å². The first kappa shape index (κ1) is 20.0. The van der Waals surface area contributed by atoms with Crippen molar-refractivity contribution < 1.29 is 17.6 Å². The SMILES string of the molecule is CSCCCNC(=S)N1CCN(S(=O)(=O)c2ccc(C(N)=O)o2)CC1. The molecule has 0 atom stereocenters. The fourth-order valence-electron chi connectivity index (χ4n) is 2.37. The van der Waals surface area contributed by atoms with Crippen molar-refractivity contribution in [3.05, 3.63) is 17.9 Å². The monoisotopic (exact) mass is 406 g/mol. The van der Waals surface area contributed by atoms with Crippen molar-refractivity contribution in [2.45, 2.75) is 11.5 Å². The number of rotatable bonds is 7. The lowest BCUT2D eigenvalue weighted by Gasteiger charge is -2.35. The maximum absolute atomic E-state index is 12.6. The number of hydrogen-bond donors (Lipinski definition) is 2. The minimum absolute atomic E-state index is 0.173. The molecule has 1 fully saturated rings. The highest BCUT2D eigenvalue weighted by atomic mass is 32.2. The third-order valence-corrected chi connectivity index (χ3v) is 6.62. The van der Waals surface area contributed by atoms with E-state index in [-0.39, 0.29) is 10.9 Å². The second-order valence-corrected chi connectivity index (χ2v) is 8.69. The first-order chi connectivity index (χ1) is 11.9. The summed E-state index contributed by atoms with van der Waals surface area (Å²) < 4.78 is 31.5. The maximum Gasteiger partial charge on any atom is 0.284 e. The zero-order valence-corrected chi connectivity index (χ0v) is 16.4. The number of piperazine rings is 1. The lowest BCUT2D eigenvalue weighted by Crippen LogP contribution is -2.53. The molecule has 0 aromatic carbocycles. The fraction of sp³-hybridized carbons (Fsp3) is 0.571. The minimum Gasteiger partial charge on any atom is -0.438 e. The van der Waals surface area contributed by atoms with E-state index < -0.39 is 15.9 Å². The molecule has 0 aliphatic carbocycles. The van der Waals surface area contributed by atoms with Gasteiger partial charge in [-0.2, -0.15) is 16.1 Å². The zero-order valence-electron chi connectivity index (χ0n) is 13.9. The van der Waals surface area contributed by atoms with Gasteiger partial charge in [-0.25, -0.2) is 8.42 Å². The highest BCUT2D eigenvalue weighted by Gasteiger charge is 2.31. The van der Waals surface area contributed by atoms with Gasteiger partial charge < -0.3 is 20.4 Å². The molecule has 1 aromatic heterocycles. The second kappa shape index (κ2) is 8.88. The van der Waals surface area contributed by atoms with Gasteiger partial charge in [0.1, 0.15) is 0 Å². The summed E-state index contributed by atoms with van der Waals surface area (Å²) in [5.41, 5.74) is 5.09. The first-order valence-corrected chi connectivity index (χ1v) is 11.0. The van der Waals surface area contributed by atoms with E-state index in [4.69, 9.17) is 22.4 Å². The Bertz CT molecular complexity index is 711. The Morgan fingerprint density at radius 3 is 2.60 bits per heavy atom. The van der Waals surface area contributed by atoms with Crippen LogP contribution in [0.15, 0.2) is 21.6 Å². The molecule has 0 unspecified atom stereocenters. The van der Waals surface area contributed by atoms with E-state index in [0.717, 1.165) is 18.7 Å². The molecule has 0 radical (unpaired) electrons. The number of carbonyl (C=O) groups is 1. The molecule has 11 heteroatoms. The molecule has 3 N–H and O–H groups in total.